The number of anilines is 3. The van der Waals surface area contributed by atoms with Gasteiger partial charge in [-0.1, -0.05) is 166 Å². The Morgan fingerprint density at radius 1 is 0.393 bits per heavy atom. The molecule has 0 spiro atoms. The lowest BCUT2D eigenvalue weighted by Crippen LogP contribution is -2.28. The Bertz CT molecular complexity index is 2930. The number of ether oxygens (including phenoxy) is 1. The van der Waals surface area contributed by atoms with Crippen LogP contribution < -0.4 is 9.64 Å². The summed E-state index contributed by atoms with van der Waals surface area (Å²) in [6, 6.07) is 73.2. The van der Waals surface area contributed by atoms with Crippen molar-refractivity contribution in [1.29, 1.82) is 0 Å². The maximum Gasteiger partial charge on any atom is 0.132 e. The third-order valence-electron chi connectivity index (χ3n) is 12.3. The molecule has 0 saturated heterocycles. The molecule has 0 bridgehead atoms. The maximum atomic E-state index is 6.69. The Morgan fingerprint density at radius 2 is 0.929 bits per heavy atom. The van der Waals surface area contributed by atoms with Gasteiger partial charge in [-0.25, -0.2) is 0 Å². The zero-order valence-electron chi connectivity index (χ0n) is 31.4. The molecule has 1 heterocycles. The Hall–Kier alpha value is -6.90. The van der Waals surface area contributed by atoms with Crippen molar-refractivity contribution in [2.45, 2.75) is 24.7 Å². The van der Waals surface area contributed by atoms with E-state index in [0.717, 1.165) is 28.6 Å². The number of hydrogen-bond acceptors (Lipinski definition) is 2. The fourth-order valence-electron chi connectivity index (χ4n) is 9.80. The Morgan fingerprint density at radius 3 is 1.68 bits per heavy atom. The van der Waals surface area contributed by atoms with Crippen LogP contribution in [0.25, 0.3) is 32.7 Å². The number of fused-ring (bicyclic) bond motifs is 8. The molecule has 0 saturated carbocycles. The second-order valence-corrected chi connectivity index (χ2v) is 15.7. The molecular formula is C54H39NO. The highest BCUT2D eigenvalue weighted by Crippen LogP contribution is 2.57. The van der Waals surface area contributed by atoms with Gasteiger partial charge in [0.05, 0.1) is 5.41 Å². The minimum atomic E-state index is -0.454. The van der Waals surface area contributed by atoms with Crippen LogP contribution in [0.15, 0.2) is 200 Å². The predicted molar refractivity (Wildman–Crippen MR) is 232 cm³/mol. The first kappa shape index (κ1) is 32.5. The van der Waals surface area contributed by atoms with Crippen LogP contribution in [-0.4, -0.2) is 0 Å². The average molecular weight is 718 g/mol. The van der Waals surface area contributed by atoms with Crippen molar-refractivity contribution < 1.29 is 4.74 Å². The summed E-state index contributed by atoms with van der Waals surface area (Å²) in [4.78, 5) is 2.40. The van der Waals surface area contributed by atoms with Crippen molar-refractivity contribution in [3.8, 4) is 22.6 Å². The van der Waals surface area contributed by atoms with Crippen molar-refractivity contribution in [2.75, 3.05) is 4.90 Å². The van der Waals surface area contributed by atoms with E-state index in [1.165, 1.54) is 66.1 Å². The van der Waals surface area contributed by atoms with E-state index in [9.17, 15) is 0 Å². The largest absolute Gasteiger partial charge is 0.457 e. The fraction of sp³-hybridized carbons (Fsp3) is 0.0741. The summed E-state index contributed by atoms with van der Waals surface area (Å²) < 4.78 is 6.69. The molecule has 1 aliphatic carbocycles. The third kappa shape index (κ3) is 4.69. The van der Waals surface area contributed by atoms with E-state index in [4.69, 9.17) is 4.74 Å². The first-order valence-electron chi connectivity index (χ1n) is 19.5. The van der Waals surface area contributed by atoms with Gasteiger partial charge < -0.3 is 9.64 Å². The molecule has 266 valence electrons. The van der Waals surface area contributed by atoms with Crippen molar-refractivity contribution >= 4 is 38.6 Å². The molecule has 0 aromatic heterocycles. The molecule has 0 fully saturated rings. The molecule has 2 nitrogen and oxygen atoms in total. The highest BCUT2D eigenvalue weighted by atomic mass is 16.5. The first-order chi connectivity index (χ1) is 27.5. The number of hydrogen-bond donors (Lipinski definition) is 0. The molecule has 11 rings (SSSR count). The van der Waals surface area contributed by atoms with Gasteiger partial charge in [0.25, 0.3) is 0 Å². The van der Waals surface area contributed by atoms with Crippen molar-refractivity contribution in [2.24, 2.45) is 0 Å². The van der Waals surface area contributed by atoms with Crippen LogP contribution in [0.4, 0.5) is 17.1 Å². The molecule has 0 N–H and O–H groups in total. The van der Waals surface area contributed by atoms with Gasteiger partial charge in [0, 0.05) is 33.6 Å². The molecule has 0 radical (unpaired) electrons. The van der Waals surface area contributed by atoms with Crippen LogP contribution in [0.2, 0.25) is 0 Å². The molecule has 9 aromatic rings. The summed E-state index contributed by atoms with van der Waals surface area (Å²) in [6.07, 6.45) is 0. The van der Waals surface area contributed by atoms with Gasteiger partial charge in [-0.15, -0.1) is 0 Å². The van der Waals surface area contributed by atoms with Crippen LogP contribution >= 0.6 is 0 Å². The SMILES string of the molecule is CC1(C)c2cc(N(c3ccc(C4(c5ccccc5)c5ccccc5-c5ccccc54)cc3)c3ccc4ccccc4c3)ccc2Oc2ccc3ccccc3c21. The zero-order chi connectivity index (χ0) is 37.4. The van der Waals surface area contributed by atoms with Crippen LogP contribution in [0.1, 0.15) is 47.2 Å². The van der Waals surface area contributed by atoms with Crippen molar-refractivity contribution in [3.63, 3.8) is 0 Å². The van der Waals surface area contributed by atoms with E-state index in [1.54, 1.807) is 0 Å². The number of nitrogens with zero attached hydrogens (tertiary/aromatic N) is 1. The summed E-state index contributed by atoms with van der Waals surface area (Å²) in [5.74, 6) is 1.83. The van der Waals surface area contributed by atoms with Crippen molar-refractivity contribution in [1.82, 2.24) is 0 Å². The fourth-order valence-corrected chi connectivity index (χ4v) is 9.80. The lowest BCUT2D eigenvalue weighted by molar-refractivity contribution is 0.420. The lowest BCUT2D eigenvalue weighted by atomic mass is 9.68. The van der Waals surface area contributed by atoms with E-state index in [1.807, 2.05) is 0 Å². The summed E-state index contributed by atoms with van der Waals surface area (Å²) in [6.45, 7) is 4.66. The molecule has 56 heavy (non-hydrogen) atoms. The second kappa shape index (κ2) is 12.3. The smallest absolute Gasteiger partial charge is 0.132 e. The zero-order valence-corrected chi connectivity index (χ0v) is 31.4. The quantitative estimate of drug-likeness (QED) is 0.176. The topological polar surface area (TPSA) is 12.5 Å². The van der Waals surface area contributed by atoms with Gasteiger partial charge in [0.2, 0.25) is 0 Å². The Kier molecular flexibility index (Phi) is 7.15. The summed E-state index contributed by atoms with van der Waals surface area (Å²) in [5, 5.41) is 4.88. The van der Waals surface area contributed by atoms with Crippen LogP contribution in [0, 0.1) is 0 Å². The number of benzene rings is 9. The summed E-state index contributed by atoms with van der Waals surface area (Å²) >= 11 is 0. The molecule has 9 aromatic carbocycles. The normalized spacial score (nSPS) is 14.3. The van der Waals surface area contributed by atoms with E-state index >= 15 is 0 Å². The van der Waals surface area contributed by atoms with Gasteiger partial charge in [0.1, 0.15) is 11.5 Å². The van der Waals surface area contributed by atoms with E-state index in [2.05, 4.69) is 219 Å². The van der Waals surface area contributed by atoms with Crippen LogP contribution in [-0.2, 0) is 10.8 Å². The molecule has 2 aliphatic rings. The van der Waals surface area contributed by atoms with E-state index < -0.39 is 5.41 Å². The minimum Gasteiger partial charge on any atom is -0.457 e. The highest BCUT2D eigenvalue weighted by molar-refractivity contribution is 5.92. The van der Waals surface area contributed by atoms with Gasteiger partial charge in [-0.05, 0) is 103 Å². The monoisotopic (exact) mass is 717 g/mol. The third-order valence-corrected chi connectivity index (χ3v) is 12.3. The molecule has 1 aliphatic heterocycles. The number of rotatable bonds is 5. The molecular weight excluding hydrogens is 679 g/mol. The van der Waals surface area contributed by atoms with Gasteiger partial charge in [0.15, 0.2) is 0 Å². The highest BCUT2D eigenvalue weighted by Gasteiger charge is 2.46. The summed E-state index contributed by atoms with van der Waals surface area (Å²) in [7, 11) is 0. The van der Waals surface area contributed by atoms with Gasteiger partial charge in [-0.2, -0.15) is 0 Å². The van der Waals surface area contributed by atoms with Crippen LogP contribution in [0.3, 0.4) is 0 Å². The van der Waals surface area contributed by atoms with Gasteiger partial charge in [-0.3, -0.25) is 0 Å². The minimum absolute atomic E-state index is 0.302. The summed E-state index contributed by atoms with van der Waals surface area (Å²) in [5.41, 5.74) is 12.6. The lowest BCUT2D eigenvalue weighted by Gasteiger charge is -2.37. The first-order valence-corrected chi connectivity index (χ1v) is 19.5. The van der Waals surface area contributed by atoms with E-state index in [0.29, 0.717) is 0 Å². The van der Waals surface area contributed by atoms with Crippen LogP contribution in [0.5, 0.6) is 11.5 Å². The Balaban J connectivity index is 1.10. The molecule has 2 heteroatoms. The molecule has 0 amide bonds. The predicted octanol–water partition coefficient (Wildman–Crippen LogP) is 14.3. The second-order valence-electron chi connectivity index (χ2n) is 15.7. The standard InChI is InChI=1S/C54H39NO/c1-53(2)49-35-43(31-33-50(49)56-51-32-25-37-15-8-9-19-44(37)52(51)53)55(42-28-24-36-14-6-7-16-38(36)34-42)41-29-26-40(27-30-41)54(39-17-4-3-5-18-39)47-22-12-10-20-45(47)46-21-11-13-23-48(46)54/h3-35H,1-2H3. The van der Waals surface area contributed by atoms with E-state index in [-0.39, 0.29) is 5.41 Å². The van der Waals surface area contributed by atoms with Gasteiger partial charge >= 0.3 is 0 Å². The maximum absolute atomic E-state index is 6.69. The Labute approximate surface area is 327 Å². The molecule has 0 unspecified atom stereocenters. The average Bonchev–Trinajstić information content (AvgIpc) is 3.55. The van der Waals surface area contributed by atoms with Crippen molar-refractivity contribution in [3.05, 3.63) is 234 Å². The molecule has 0 atom stereocenters.